The molecular formula is C8H11ClN2O. The largest absolute Gasteiger partial charge is 0.480 e. The van der Waals surface area contributed by atoms with E-state index in [-0.39, 0.29) is 0 Å². The van der Waals surface area contributed by atoms with Crippen LogP contribution in [0.2, 0.25) is 5.15 Å². The maximum absolute atomic E-state index is 5.78. The number of nitrogens with one attached hydrogen (secondary N) is 1. The minimum Gasteiger partial charge on any atom is -0.480 e. The van der Waals surface area contributed by atoms with Gasteiger partial charge in [-0.15, -0.1) is 0 Å². The van der Waals surface area contributed by atoms with Crippen LogP contribution in [0.15, 0.2) is 0 Å². The van der Waals surface area contributed by atoms with Crippen molar-refractivity contribution in [3.8, 4) is 5.88 Å². The van der Waals surface area contributed by atoms with E-state index in [0.717, 1.165) is 18.2 Å². The zero-order valence-corrected chi connectivity index (χ0v) is 7.69. The second-order valence-corrected chi connectivity index (χ2v) is 3.51. The number of hydrogen-bond acceptors (Lipinski definition) is 2. The van der Waals surface area contributed by atoms with Crippen LogP contribution >= 0.6 is 11.6 Å². The Hall–Kier alpha value is -0.700. The van der Waals surface area contributed by atoms with E-state index >= 15 is 0 Å². The first-order chi connectivity index (χ1) is 5.79. The molecule has 0 aliphatic heterocycles. The number of hydrogen-bond donors (Lipinski definition) is 1. The van der Waals surface area contributed by atoms with Gasteiger partial charge in [0.1, 0.15) is 5.82 Å². The molecule has 12 heavy (non-hydrogen) atoms. The molecule has 0 radical (unpaired) electrons. The van der Waals surface area contributed by atoms with Crippen LogP contribution in [-0.2, 0) is 6.42 Å². The van der Waals surface area contributed by atoms with E-state index in [9.17, 15) is 0 Å². The van der Waals surface area contributed by atoms with Crippen LogP contribution < -0.4 is 4.74 Å². The molecule has 0 bridgehead atoms. The molecule has 0 spiro atoms. The van der Waals surface area contributed by atoms with Gasteiger partial charge in [-0.1, -0.05) is 11.6 Å². The minimum atomic E-state index is 0.438. The van der Waals surface area contributed by atoms with Crippen molar-refractivity contribution in [1.29, 1.82) is 0 Å². The van der Waals surface area contributed by atoms with Gasteiger partial charge in [-0.3, -0.25) is 0 Å². The topological polar surface area (TPSA) is 37.9 Å². The van der Waals surface area contributed by atoms with Crippen molar-refractivity contribution in [2.45, 2.75) is 19.3 Å². The van der Waals surface area contributed by atoms with Crippen LogP contribution in [0.4, 0.5) is 0 Å². The third-order valence-corrected chi connectivity index (χ3v) is 2.32. The van der Waals surface area contributed by atoms with Gasteiger partial charge in [0.25, 0.3) is 0 Å². The first-order valence-electron chi connectivity index (χ1n) is 4.08. The maximum Gasteiger partial charge on any atom is 0.230 e. The van der Waals surface area contributed by atoms with Gasteiger partial charge >= 0.3 is 0 Å². The van der Waals surface area contributed by atoms with Gasteiger partial charge in [0.2, 0.25) is 5.88 Å². The molecule has 4 heteroatoms. The molecule has 1 aliphatic carbocycles. The Morgan fingerprint density at radius 2 is 2.42 bits per heavy atom. The molecule has 66 valence electrons. The lowest BCUT2D eigenvalue weighted by atomic mass is 10.3. The van der Waals surface area contributed by atoms with Gasteiger partial charge < -0.3 is 9.72 Å². The second-order valence-electron chi connectivity index (χ2n) is 3.16. The standard InChI is InChI=1S/C8H11ClN2O/c1-12-8-7(9)10-6(11-8)4-5-2-3-5/h5H,2-4H2,1H3,(H,10,11). The Bertz CT molecular complexity index is 281. The molecule has 0 atom stereocenters. The van der Waals surface area contributed by atoms with E-state index in [2.05, 4.69) is 9.97 Å². The van der Waals surface area contributed by atoms with Gasteiger partial charge in [-0.25, -0.2) is 4.98 Å². The SMILES string of the molecule is COc1[nH]c(CC2CC2)nc1Cl. The molecular weight excluding hydrogens is 176 g/mol. The number of halogens is 1. The van der Waals surface area contributed by atoms with Crippen LogP contribution in [0.25, 0.3) is 0 Å². The zero-order chi connectivity index (χ0) is 8.55. The summed E-state index contributed by atoms with van der Waals surface area (Å²) in [7, 11) is 1.58. The van der Waals surface area contributed by atoms with Crippen molar-refractivity contribution in [2.24, 2.45) is 5.92 Å². The number of nitrogens with zero attached hydrogens (tertiary/aromatic N) is 1. The smallest absolute Gasteiger partial charge is 0.230 e. The van der Waals surface area contributed by atoms with E-state index < -0.39 is 0 Å². The molecule has 2 rings (SSSR count). The molecule has 1 aromatic rings. The highest BCUT2D eigenvalue weighted by molar-refractivity contribution is 6.30. The summed E-state index contributed by atoms with van der Waals surface area (Å²) in [5, 5.41) is 0.438. The van der Waals surface area contributed by atoms with E-state index in [1.54, 1.807) is 7.11 Å². The van der Waals surface area contributed by atoms with Gasteiger partial charge in [0.15, 0.2) is 5.15 Å². The summed E-state index contributed by atoms with van der Waals surface area (Å²) >= 11 is 5.78. The fourth-order valence-electron chi connectivity index (χ4n) is 1.21. The summed E-state index contributed by atoms with van der Waals surface area (Å²) in [6.07, 6.45) is 3.64. The predicted molar refractivity (Wildman–Crippen MR) is 46.6 cm³/mol. The average Bonchev–Trinajstić information content (AvgIpc) is 2.76. The molecule has 0 unspecified atom stereocenters. The maximum atomic E-state index is 5.78. The molecule has 1 aromatic heterocycles. The normalized spacial score (nSPS) is 16.5. The van der Waals surface area contributed by atoms with Crippen molar-refractivity contribution in [3.05, 3.63) is 11.0 Å². The third kappa shape index (κ3) is 1.55. The first kappa shape index (κ1) is 7.92. The number of aromatic amines is 1. The highest BCUT2D eigenvalue weighted by atomic mass is 35.5. The number of rotatable bonds is 3. The molecule has 1 aliphatic rings. The second kappa shape index (κ2) is 2.98. The molecule has 0 amide bonds. The molecule has 3 nitrogen and oxygen atoms in total. The highest BCUT2D eigenvalue weighted by Crippen LogP contribution is 2.33. The lowest BCUT2D eigenvalue weighted by Gasteiger charge is -1.92. The van der Waals surface area contributed by atoms with E-state index in [0.29, 0.717) is 11.0 Å². The highest BCUT2D eigenvalue weighted by Gasteiger charge is 2.23. The molecule has 0 aromatic carbocycles. The van der Waals surface area contributed by atoms with Crippen LogP contribution in [0.1, 0.15) is 18.7 Å². The quantitative estimate of drug-likeness (QED) is 0.785. The monoisotopic (exact) mass is 186 g/mol. The zero-order valence-electron chi connectivity index (χ0n) is 6.93. The lowest BCUT2D eigenvalue weighted by molar-refractivity contribution is 0.399. The van der Waals surface area contributed by atoms with Crippen LogP contribution in [0.5, 0.6) is 5.88 Å². The Labute approximate surface area is 76.1 Å². The average molecular weight is 187 g/mol. The lowest BCUT2D eigenvalue weighted by Crippen LogP contribution is -1.89. The number of aromatic nitrogens is 2. The number of methoxy groups -OCH3 is 1. The molecule has 1 fully saturated rings. The first-order valence-corrected chi connectivity index (χ1v) is 4.45. The number of ether oxygens (including phenoxy) is 1. The van der Waals surface area contributed by atoms with Crippen molar-refractivity contribution < 1.29 is 4.74 Å². The van der Waals surface area contributed by atoms with E-state index in [4.69, 9.17) is 16.3 Å². The van der Waals surface area contributed by atoms with Crippen LogP contribution in [-0.4, -0.2) is 17.1 Å². The van der Waals surface area contributed by atoms with Gasteiger partial charge in [-0.2, -0.15) is 0 Å². The fourth-order valence-corrected chi connectivity index (χ4v) is 1.43. The van der Waals surface area contributed by atoms with Crippen molar-refractivity contribution >= 4 is 11.6 Å². The Kier molecular flexibility index (Phi) is 1.97. The summed E-state index contributed by atoms with van der Waals surface area (Å²) in [5.41, 5.74) is 0. The summed E-state index contributed by atoms with van der Waals surface area (Å²) < 4.78 is 4.98. The van der Waals surface area contributed by atoms with Gasteiger partial charge in [0, 0.05) is 6.42 Å². The number of H-pyrrole nitrogens is 1. The Morgan fingerprint density at radius 3 is 2.92 bits per heavy atom. The molecule has 1 N–H and O–H groups in total. The Morgan fingerprint density at radius 1 is 1.67 bits per heavy atom. The van der Waals surface area contributed by atoms with Crippen molar-refractivity contribution in [2.75, 3.05) is 7.11 Å². The summed E-state index contributed by atoms with van der Waals surface area (Å²) in [4.78, 5) is 7.18. The predicted octanol–water partition coefficient (Wildman–Crippen LogP) is 2.02. The summed E-state index contributed by atoms with van der Waals surface area (Å²) in [6.45, 7) is 0. The van der Waals surface area contributed by atoms with E-state index in [1.165, 1.54) is 12.8 Å². The molecule has 1 saturated carbocycles. The number of imidazole rings is 1. The van der Waals surface area contributed by atoms with Crippen molar-refractivity contribution in [3.63, 3.8) is 0 Å². The molecule has 1 heterocycles. The van der Waals surface area contributed by atoms with E-state index in [1.807, 2.05) is 0 Å². The third-order valence-electron chi connectivity index (χ3n) is 2.06. The van der Waals surface area contributed by atoms with Crippen molar-refractivity contribution in [1.82, 2.24) is 9.97 Å². The summed E-state index contributed by atoms with van der Waals surface area (Å²) in [5.74, 6) is 2.34. The Balaban J connectivity index is 2.10. The molecule has 0 saturated heterocycles. The van der Waals surface area contributed by atoms with Crippen LogP contribution in [0, 0.1) is 5.92 Å². The minimum absolute atomic E-state index is 0.438. The fraction of sp³-hybridized carbons (Fsp3) is 0.625. The van der Waals surface area contributed by atoms with Gasteiger partial charge in [-0.05, 0) is 18.8 Å². The summed E-state index contributed by atoms with van der Waals surface area (Å²) in [6, 6.07) is 0. The van der Waals surface area contributed by atoms with Crippen LogP contribution in [0.3, 0.4) is 0 Å². The van der Waals surface area contributed by atoms with Gasteiger partial charge in [0.05, 0.1) is 7.11 Å².